The molecule has 1 saturated carbocycles. The van der Waals surface area contributed by atoms with Gasteiger partial charge in [0.2, 0.25) is 5.91 Å². The van der Waals surface area contributed by atoms with Crippen LogP contribution in [0.15, 0.2) is 0 Å². The summed E-state index contributed by atoms with van der Waals surface area (Å²) in [5, 5.41) is 6.43. The number of rotatable bonds is 6. The molecule has 0 radical (unpaired) electrons. The Hall–Kier alpha value is -0.570. The van der Waals surface area contributed by atoms with Crippen LogP contribution >= 0.6 is 0 Å². The Bertz CT molecular complexity index is 289. The highest BCUT2D eigenvalue weighted by atomic mass is 16.2. The Morgan fingerprint density at radius 2 is 1.80 bits per heavy atom. The second kappa shape index (κ2) is 8.66. The van der Waals surface area contributed by atoms with Gasteiger partial charge in [0.1, 0.15) is 0 Å². The van der Waals surface area contributed by atoms with E-state index in [-0.39, 0.29) is 11.9 Å². The van der Waals surface area contributed by atoms with Crippen molar-refractivity contribution < 1.29 is 4.79 Å². The normalized spacial score (nSPS) is 25.6. The van der Waals surface area contributed by atoms with E-state index in [1.165, 1.54) is 32.1 Å². The number of nitrogens with one attached hydrogen (secondary N) is 2. The third-order valence-electron chi connectivity index (χ3n) is 4.66. The number of hydrogen-bond acceptors (Lipinski definition) is 2. The van der Waals surface area contributed by atoms with E-state index in [4.69, 9.17) is 0 Å². The quantitative estimate of drug-likeness (QED) is 0.734. The summed E-state index contributed by atoms with van der Waals surface area (Å²) in [5.74, 6) is 2.34. The molecule has 3 atom stereocenters. The number of carbonyl (C=O) groups is 1. The van der Waals surface area contributed by atoms with Crippen LogP contribution in [-0.2, 0) is 4.79 Å². The van der Waals surface area contributed by atoms with Crippen molar-refractivity contribution in [3.63, 3.8) is 0 Å². The van der Waals surface area contributed by atoms with E-state index in [9.17, 15) is 4.79 Å². The third kappa shape index (κ3) is 5.82. The van der Waals surface area contributed by atoms with E-state index in [2.05, 4.69) is 38.3 Å². The molecular formula is C17H34N2O. The molecule has 0 heterocycles. The molecule has 1 amide bonds. The molecular weight excluding hydrogens is 248 g/mol. The lowest BCUT2D eigenvalue weighted by molar-refractivity contribution is -0.123. The molecule has 0 bridgehead atoms. The molecule has 3 unspecified atom stereocenters. The topological polar surface area (TPSA) is 41.1 Å². The average Bonchev–Trinajstić information content (AvgIpc) is 2.62. The molecule has 3 heteroatoms. The maximum atomic E-state index is 12.0. The maximum absolute atomic E-state index is 12.0. The molecule has 118 valence electrons. The predicted octanol–water partition coefficient (Wildman–Crippen LogP) is 3.34. The van der Waals surface area contributed by atoms with Crippen LogP contribution in [0, 0.1) is 17.8 Å². The van der Waals surface area contributed by atoms with Gasteiger partial charge in [0, 0.05) is 13.1 Å². The molecule has 1 aliphatic carbocycles. The molecule has 1 fully saturated rings. The van der Waals surface area contributed by atoms with Crippen molar-refractivity contribution in [2.45, 2.75) is 78.3 Å². The van der Waals surface area contributed by atoms with Crippen LogP contribution in [0.5, 0.6) is 0 Å². The van der Waals surface area contributed by atoms with E-state index < -0.39 is 0 Å². The zero-order valence-corrected chi connectivity index (χ0v) is 14.0. The molecule has 0 aromatic carbocycles. The summed E-state index contributed by atoms with van der Waals surface area (Å²) in [6.07, 6.45) is 7.30. The lowest BCUT2D eigenvalue weighted by Crippen LogP contribution is -2.48. The lowest BCUT2D eigenvalue weighted by atomic mass is 9.89. The van der Waals surface area contributed by atoms with Gasteiger partial charge in [-0.05, 0) is 43.4 Å². The van der Waals surface area contributed by atoms with Crippen LogP contribution in [0.25, 0.3) is 0 Å². The first-order chi connectivity index (χ1) is 9.43. The summed E-state index contributed by atoms with van der Waals surface area (Å²) < 4.78 is 0. The van der Waals surface area contributed by atoms with Gasteiger partial charge in [0.05, 0.1) is 6.04 Å². The van der Waals surface area contributed by atoms with Gasteiger partial charge in [-0.15, -0.1) is 0 Å². The number of amides is 1. The van der Waals surface area contributed by atoms with E-state index >= 15 is 0 Å². The average molecular weight is 282 g/mol. The molecule has 1 aliphatic rings. The molecule has 0 aromatic rings. The molecule has 0 spiro atoms. The van der Waals surface area contributed by atoms with Crippen LogP contribution in [0.1, 0.15) is 66.2 Å². The minimum Gasteiger partial charge on any atom is -0.358 e. The largest absolute Gasteiger partial charge is 0.358 e. The summed E-state index contributed by atoms with van der Waals surface area (Å²) in [7, 11) is 1.74. The highest BCUT2D eigenvalue weighted by Gasteiger charge is 2.25. The summed E-state index contributed by atoms with van der Waals surface area (Å²) >= 11 is 0. The zero-order chi connectivity index (χ0) is 15.1. The molecule has 0 aromatic heterocycles. The predicted molar refractivity (Wildman–Crippen MR) is 85.6 cm³/mol. The monoisotopic (exact) mass is 282 g/mol. The van der Waals surface area contributed by atoms with Crippen LogP contribution < -0.4 is 10.6 Å². The van der Waals surface area contributed by atoms with Crippen molar-refractivity contribution in [3.05, 3.63) is 0 Å². The van der Waals surface area contributed by atoms with Gasteiger partial charge in [-0.25, -0.2) is 0 Å². The number of carbonyl (C=O) groups excluding carboxylic acids is 1. The second-order valence-corrected chi connectivity index (χ2v) is 7.17. The van der Waals surface area contributed by atoms with E-state index in [1.54, 1.807) is 7.05 Å². The van der Waals surface area contributed by atoms with Gasteiger partial charge in [-0.1, -0.05) is 40.5 Å². The van der Waals surface area contributed by atoms with Gasteiger partial charge in [-0.3, -0.25) is 4.79 Å². The second-order valence-electron chi connectivity index (χ2n) is 7.17. The fourth-order valence-electron chi connectivity index (χ4n) is 3.34. The third-order valence-corrected chi connectivity index (χ3v) is 4.66. The van der Waals surface area contributed by atoms with Crippen molar-refractivity contribution in [3.8, 4) is 0 Å². The van der Waals surface area contributed by atoms with Crippen LogP contribution in [-0.4, -0.2) is 25.0 Å². The Morgan fingerprint density at radius 3 is 2.35 bits per heavy atom. The van der Waals surface area contributed by atoms with Gasteiger partial charge < -0.3 is 10.6 Å². The summed E-state index contributed by atoms with van der Waals surface area (Å²) in [6, 6.07) is 0.486. The fourth-order valence-corrected chi connectivity index (χ4v) is 3.34. The smallest absolute Gasteiger partial charge is 0.236 e. The minimum atomic E-state index is -0.0272. The Morgan fingerprint density at radius 1 is 1.10 bits per heavy atom. The fraction of sp³-hybridized carbons (Fsp3) is 0.941. The van der Waals surface area contributed by atoms with Crippen molar-refractivity contribution in [1.29, 1.82) is 0 Å². The van der Waals surface area contributed by atoms with Crippen molar-refractivity contribution in [2.24, 2.45) is 17.8 Å². The first kappa shape index (κ1) is 17.5. The summed E-state index contributed by atoms with van der Waals surface area (Å²) in [4.78, 5) is 12.0. The minimum absolute atomic E-state index is 0.0272. The van der Waals surface area contributed by atoms with Crippen molar-refractivity contribution in [1.82, 2.24) is 10.6 Å². The van der Waals surface area contributed by atoms with E-state index in [1.807, 2.05) is 0 Å². The number of hydrogen-bond donors (Lipinski definition) is 2. The van der Waals surface area contributed by atoms with Crippen LogP contribution in [0.4, 0.5) is 0 Å². The van der Waals surface area contributed by atoms with Gasteiger partial charge in [-0.2, -0.15) is 0 Å². The van der Waals surface area contributed by atoms with E-state index in [0.29, 0.717) is 12.0 Å². The highest BCUT2D eigenvalue weighted by Crippen LogP contribution is 2.29. The SMILES string of the molecule is CNC(=O)C(CC(C)C)NC1CCCC(C(C)C)CC1. The first-order valence-electron chi connectivity index (χ1n) is 8.41. The summed E-state index contributed by atoms with van der Waals surface area (Å²) in [5.41, 5.74) is 0. The molecule has 3 nitrogen and oxygen atoms in total. The van der Waals surface area contributed by atoms with Crippen molar-refractivity contribution in [2.75, 3.05) is 7.05 Å². The zero-order valence-electron chi connectivity index (χ0n) is 14.0. The molecule has 20 heavy (non-hydrogen) atoms. The molecule has 0 saturated heterocycles. The van der Waals surface area contributed by atoms with Crippen LogP contribution in [0.3, 0.4) is 0 Å². The summed E-state index contributed by atoms with van der Waals surface area (Å²) in [6.45, 7) is 9.04. The van der Waals surface area contributed by atoms with Gasteiger partial charge >= 0.3 is 0 Å². The lowest BCUT2D eigenvalue weighted by Gasteiger charge is -2.25. The van der Waals surface area contributed by atoms with Gasteiger partial charge in [0.15, 0.2) is 0 Å². The van der Waals surface area contributed by atoms with E-state index in [0.717, 1.165) is 18.3 Å². The van der Waals surface area contributed by atoms with Crippen molar-refractivity contribution >= 4 is 5.91 Å². The first-order valence-corrected chi connectivity index (χ1v) is 8.41. The van der Waals surface area contributed by atoms with Crippen LogP contribution in [0.2, 0.25) is 0 Å². The standard InChI is InChI=1S/C17H34N2O/c1-12(2)11-16(17(20)18-5)19-15-8-6-7-14(9-10-15)13(3)4/h12-16,19H,6-11H2,1-5H3,(H,18,20). The molecule has 0 aliphatic heterocycles. The maximum Gasteiger partial charge on any atom is 0.236 e. The number of likely N-dealkylation sites (N-methyl/N-ethyl adjacent to an activating group) is 1. The molecule has 2 N–H and O–H groups in total. The van der Waals surface area contributed by atoms with Gasteiger partial charge in [0.25, 0.3) is 0 Å². The Labute approximate surface area is 125 Å². The highest BCUT2D eigenvalue weighted by molar-refractivity contribution is 5.81. The molecule has 1 rings (SSSR count). The Balaban J connectivity index is 2.53. The Kier molecular flexibility index (Phi) is 7.57.